The van der Waals surface area contributed by atoms with Gasteiger partial charge in [0.15, 0.2) is 0 Å². The number of hydrogen-bond acceptors (Lipinski definition) is 5. The predicted octanol–water partition coefficient (Wildman–Crippen LogP) is 9.35. The van der Waals surface area contributed by atoms with E-state index in [1.54, 1.807) is 12.1 Å². The van der Waals surface area contributed by atoms with Crippen LogP contribution in [0.3, 0.4) is 0 Å². The smallest absolute Gasteiger partial charge is 0.335 e. The van der Waals surface area contributed by atoms with Crippen LogP contribution in [0.1, 0.15) is 45.0 Å². The molecule has 3 unspecified atom stereocenters. The number of rotatable bonds is 7. The highest BCUT2D eigenvalue weighted by Crippen LogP contribution is 2.61. The average molecular weight is 623 g/mol. The molecule has 1 N–H and O–H groups in total. The molecular weight excluding hydrogens is 593 g/mol. The van der Waals surface area contributed by atoms with Gasteiger partial charge in [-0.15, -0.1) is 37.9 Å². The van der Waals surface area contributed by atoms with Crippen LogP contribution in [0, 0.1) is 5.92 Å². The molecule has 1 aliphatic rings. The Kier molecular flexibility index (Phi) is 8.25. The first kappa shape index (κ1) is 29.1. The van der Waals surface area contributed by atoms with Gasteiger partial charge < -0.3 is 5.11 Å². The van der Waals surface area contributed by atoms with E-state index in [4.69, 9.17) is 50.5 Å². The highest BCUT2D eigenvalue weighted by atomic mass is 32.1. The summed E-state index contributed by atoms with van der Waals surface area (Å²) in [4.78, 5) is 14.6. The minimum atomic E-state index is -0.948. The Labute approximate surface area is 268 Å². The molecule has 0 bridgehead atoms. The van der Waals surface area contributed by atoms with E-state index in [2.05, 4.69) is 60.7 Å². The monoisotopic (exact) mass is 622 g/mol. The molecule has 42 heavy (non-hydrogen) atoms. The first-order chi connectivity index (χ1) is 20.3. The average Bonchev–Trinajstić information content (AvgIpc) is 3.00. The molecule has 1 aliphatic carbocycles. The SMILES string of the molecule is O=C(O)c1ccc(C(c2ccccc2)(c2ccc(S)c(-c3ccccc3S)c2)C2C(c3ccccc3S)C[C@H]2S)cc1. The molecule has 6 heteroatoms. The van der Waals surface area contributed by atoms with Crippen molar-refractivity contribution in [1.82, 2.24) is 0 Å². The van der Waals surface area contributed by atoms with Crippen molar-refractivity contribution in [2.45, 2.75) is 37.7 Å². The zero-order valence-corrected chi connectivity index (χ0v) is 26.2. The van der Waals surface area contributed by atoms with Gasteiger partial charge in [0.1, 0.15) is 0 Å². The van der Waals surface area contributed by atoms with Crippen LogP contribution in [0.4, 0.5) is 0 Å². The lowest BCUT2D eigenvalue weighted by Gasteiger charge is -2.55. The summed E-state index contributed by atoms with van der Waals surface area (Å²) in [6, 6.07) is 40.7. The lowest BCUT2D eigenvalue weighted by Crippen LogP contribution is -2.52. The molecule has 0 aliphatic heterocycles. The summed E-state index contributed by atoms with van der Waals surface area (Å²) < 4.78 is 0. The van der Waals surface area contributed by atoms with E-state index < -0.39 is 11.4 Å². The van der Waals surface area contributed by atoms with Crippen molar-refractivity contribution in [2.24, 2.45) is 5.92 Å². The molecule has 0 radical (unpaired) electrons. The van der Waals surface area contributed by atoms with E-state index in [0.717, 1.165) is 48.9 Å². The maximum absolute atomic E-state index is 11.9. The quantitative estimate of drug-likeness (QED) is 0.0927. The summed E-state index contributed by atoms with van der Waals surface area (Å²) in [5.74, 6) is -0.731. The second-order valence-electron chi connectivity index (χ2n) is 10.8. The van der Waals surface area contributed by atoms with Crippen molar-refractivity contribution < 1.29 is 9.90 Å². The third-order valence-electron chi connectivity index (χ3n) is 8.64. The fourth-order valence-corrected chi connectivity index (χ4v) is 8.22. The largest absolute Gasteiger partial charge is 0.478 e. The first-order valence-electron chi connectivity index (χ1n) is 13.8. The minimum absolute atomic E-state index is 0.0390. The summed E-state index contributed by atoms with van der Waals surface area (Å²) in [5, 5.41) is 9.81. The predicted molar refractivity (Wildman–Crippen MR) is 183 cm³/mol. The molecule has 1 fully saturated rings. The molecule has 5 aromatic rings. The highest BCUT2D eigenvalue weighted by Gasteiger charge is 2.55. The van der Waals surface area contributed by atoms with Crippen LogP contribution in [-0.2, 0) is 5.41 Å². The Morgan fingerprint density at radius 1 is 0.643 bits per heavy atom. The summed E-state index contributed by atoms with van der Waals surface area (Å²) in [7, 11) is 0. The summed E-state index contributed by atoms with van der Waals surface area (Å²) in [6.07, 6.45) is 0.907. The standard InChI is InChI=1S/C36H30O2S4/c37-35(38)22-14-16-24(17-15-22)36(23-8-2-1-3-9-23,34-29(21-33(34)42)27-11-5-7-13-31(27)40)25-18-19-32(41)28(20-25)26-10-4-6-12-30(26)39/h1-20,29,33-34,39-42H,21H2,(H,37,38)/t29?,33-,34?,36?/m1/s1. The number of benzene rings is 5. The topological polar surface area (TPSA) is 37.3 Å². The Hall–Kier alpha value is -3.03. The molecule has 0 saturated heterocycles. The van der Waals surface area contributed by atoms with Crippen molar-refractivity contribution in [2.75, 3.05) is 0 Å². The van der Waals surface area contributed by atoms with Gasteiger partial charge >= 0.3 is 5.97 Å². The second-order valence-corrected chi connectivity index (χ2v) is 12.9. The fraction of sp³-hybridized carbons (Fsp3) is 0.139. The van der Waals surface area contributed by atoms with Gasteiger partial charge in [0.25, 0.3) is 0 Å². The van der Waals surface area contributed by atoms with Crippen LogP contribution in [-0.4, -0.2) is 16.3 Å². The third-order valence-corrected chi connectivity index (χ3v) is 10.4. The van der Waals surface area contributed by atoms with Crippen molar-refractivity contribution in [1.29, 1.82) is 0 Å². The van der Waals surface area contributed by atoms with Crippen molar-refractivity contribution in [3.8, 4) is 11.1 Å². The van der Waals surface area contributed by atoms with Gasteiger partial charge in [0.2, 0.25) is 0 Å². The van der Waals surface area contributed by atoms with E-state index in [0.29, 0.717) is 0 Å². The van der Waals surface area contributed by atoms with E-state index in [1.807, 2.05) is 48.5 Å². The highest BCUT2D eigenvalue weighted by molar-refractivity contribution is 7.81. The number of carbonyl (C=O) groups is 1. The number of carboxylic acid groups (broad SMARTS) is 1. The zero-order valence-electron chi connectivity index (χ0n) is 22.6. The molecule has 0 spiro atoms. The van der Waals surface area contributed by atoms with Gasteiger partial charge in [0.05, 0.1) is 5.56 Å². The Bertz CT molecular complexity index is 1750. The van der Waals surface area contributed by atoms with Gasteiger partial charge in [0, 0.05) is 25.4 Å². The van der Waals surface area contributed by atoms with Gasteiger partial charge in [-0.3, -0.25) is 0 Å². The molecule has 1 saturated carbocycles. The van der Waals surface area contributed by atoms with Crippen molar-refractivity contribution in [3.05, 3.63) is 149 Å². The van der Waals surface area contributed by atoms with Gasteiger partial charge in [-0.1, -0.05) is 84.9 Å². The lowest BCUT2D eigenvalue weighted by molar-refractivity contribution is 0.0697. The van der Waals surface area contributed by atoms with Crippen LogP contribution >= 0.6 is 50.5 Å². The first-order valence-corrected chi connectivity index (χ1v) is 15.7. The van der Waals surface area contributed by atoms with Crippen molar-refractivity contribution in [3.63, 3.8) is 0 Å². The number of aromatic carboxylic acids is 1. The third kappa shape index (κ3) is 4.98. The molecule has 2 nitrogen and oxygen atoms in total. The minimum Gasteiger partial charge on any atom is -0.478 e. The maximum Gasteiger partial charge on any atom is 0.335 e. The van der Waals surface area contributed by atoms with Gasteiger partial charge in [-0.25, -0.2) is 4.79 Å². The Morgan fingerprint density at radius 2 is 1.21 bits per heavy atom. The molecule has 210 valence electrons. The van der Waals surface area contributed by atoms with E-state index in [1.165, 1.54) is 5.56 Å². The Morgan fingerprint density at radius 3 is 1.86 bits per heavy atom. The van der Waals surface area contributed by atoms with Crippen LogP contribution in [0.2, 0.25) is 0 Å². The molecule has 0 amide bonds. The zero-order chi connectivity index (χ0) is 29.4. The summed E-state index contributed by atoms with van der Waals surface area (Å²) >= 11 is 19.7. The van der Waals surface area contributed by atoms with E-state index in [9.17, 15) is 9.90 Å². The number of carboxylic acids is 1. The fourth-order valence-electron chi connectivity index (χ4n) is 6.69. The normalized spacial score (nSPS) is 19.5. The van der Waals surface area contributed by atoms with E-state index >= 15 is 0 Å². The number of hydrogen-bond donors (Lipinski definition) is 5. The van der Waals surface area contributed by atoms with Crippen LogP contribution in [0.5, 0.6) is 0 Å². The van der Waals surface area contributed by atoms with E-state index in [-0.39, 0.29) is 22.6 Å². The van der Waals surface area contributed by atoms with Gasteiger partial charge in [-0.05, 0) is 88.0 Å². The molecular formula is C36H30O2S4. The lowest BCUT2D eigenvalue weighted by atomic mass is 9.50. The van der Waals surface area contributed by atoms with Crippen LogP contribution in [0.25, 0.3) is 11.1 Å². The van der Waals surface area contributed by atoms with Crippen LogP contribution in [0.15, 0.2) is 136 Å². The molecule has 0 heterocycles. The van der Waals surface area contributed by atoms with Gasteiger partial charge in [-0.2, -0.15) is 12.6 Å². The molecule has 6 rings (SSSR count). The number of thiol groups is 4. The maximum atomic E-state index is 11.9. The molecule has 5 aromatic carbocycles. The summed E-state index contributed by atoms with van der Waals surface area (Å²) in [5.41, 5.74) is 6.01. The molecule has 4 atom stereocenters. The summed E-state index contributed by atoms with van der Waals surface area (Å²) in [6.45, 7) is 0. The second kappa shape index (κ2) is 11.9. The Balaban J connectivity index is 1.69. The van der Waals surface area contributed by atoms with Crippen LogP contribution < -0.4 is 0 Å². The van der Waals surface area contributed by atoms with Crippen molar-refractivity contribution >= 4 is 56.5 Å². The molecule has 0 aromatic heterocycles.